The van der Waals surface area contributed by atoms with Crippen LogP contribution in [0.5, 0.6) is 11.5 Å². The van der Waals surface area contributed by atoms with E-state index in [0.29, 0.717) is 5.75 Å². The number of hydrogen-bond acceptors (Lipinski definition) is 2. The van der Waals surface area contributed by atoms with Gasteiger partial charge in [0.05, 0.1) is 0 Å². The van der Waals surface area contributed by atoms with Gasteiger partial charge >= 0.3 is 0 Å². The molecule has 0 aliphatic rings. The van der Waals surface area contributed by atoms with Crippen molar-refractivity contribution in [1.29, 1.82) is 0 Å². The van der Waals surface area contributed by atoms with E-state index in [2.05, 4.69) is 6.07 Å². The summed E-state index contributed by atoms with van der Waals surface area (Å²) < 4.78 is 5.50. The van der Waals surface area contributed by atoms with Crippen molar-refractivity contribution in [3.05, 3.63) is 24.3 Å². The Bertz CT molecular complexity index is 261. The predicted molar refractivity (Wildman–Crippen MR) is 47.3 cm³/mol. The molecule has 0 aromatic heterocycles. The van der Waals surface area contributed by atoms with E-state index in [1.165, 1.54) is 0 Å². The van der Waals surface area contributed by atoms with Gasteiger partial charge in [-0.05, 0) is 32.9 Å². The van der Waals surface area contributed by atoms with E-state index in [1.807, 2.05) is 20.8 Å². The van der Waals surface area contributed by atoms with Crippen LogP contribution >= 0.6 is 0 Å². The Morgan fingerprint density at radius 2 is 2.08 bits per heavy atom. The highest BCUT2D eigenvalue weighted by Gasteiger charge is 2.11. The maximum absolute atomic E-state index is 9.07. The predicted octanol–water partition coefficient (Wildman–Crippen LogP) is 2.37. The molecule has 0 fully saturated rings. The molecule has 1 aromatic rings. The average Bonchev–Trinajstić information content (AvgIpc) is 1.82. The van der Waals surface area contributed by atoms with Crippen LogP contribution in [-0.4, -0.2) is 10.7 Å². The van der Waals surface area contributed by atoms with Gasteiger partial charge in [-0.25, -0.2) is 0 Å². The van der Waals surface area contributed by atoms with E-state index in [9.17, 15) is 0 Å². The summed E-state index contributed by atoms with van der Waals surface area (Å²) in [4.78, 5) is 0. The molecule has 0 bridgehead atoms. The second-order valence-corrected chi connectivity index (χ2v) is 3.62. The van der Waals surface area contributed by atoms with E-state index < -0.39 is 0 Å². The molecule has 0 atom stereocenters. The highest BCUT2D eigenvalue weighted by Crippen LogP contribution is 2.21. The molecule has 1 N–H and O–H groups in total. The van der Waals surface area contributed by atoms with Crippen molar-refractivity contribution in [3.8, 4) is 11.5 Å². The van der Waals surface area contributed by atoms with Gasteiger partial charge in [0.25, 0.3) is 0 Å². The Morgan fingerprint density at radius 1 is 1.42 bits per heavy atom. The molecule has 12 heavy (non-hydrogen) atoms. The summed E-state index contributed by atoms with van der Waals surface area (Å²) in [5.41, 5.74) is -0.228. The zero-order valence-electron chi connectivity index (χ0n) is 7.59. The van der Waals surface area contributed by atoms with E-state index in [-0.39, 0.29) is 11.4 Å². The Balaban J connectivity index is 2.77. The Kier molecular flexibility index (Phi) is 2.27. The van der Waals surface area contributed by atoms with Crippen LogP contribution in [0.1, 0.15) is 20.8 Å². The number of phenols is 1. The van der Waals surface area contributed by atoms with Crippen LogP contribution in [0.3, 0.4) is 0 Å². The molecule has 65 valence electrons. The second-order valence-electron chi connectivity index (χ2n) is 3.62. The van der Waals surface area contributed by atoms with E-state index in [1.54, 1.807) is 18.2 Å². The molecule has 0 heterocycles. The molecular formula is C10H13O2. The summed E-state index contributed by atoms with van der Waals surface area (Å²) >= 11 is 0. The van der Waals surface area contributed by atoms with Crippen molar-refractivity contribution in [2.45, 2.75) is 26.4 Å². The fourth-order valence-corrected chi connectivity index (χ4v) is 0.851. The van der Waals surface area contributed by atoms with Gasteiger partial charge in [0.1, 0.15) is 17.1 Å². The van der Waals surface area contributed by atoms with Crippen LogP contribution in [-0.2, 0) is 0 Å². The maximum Gasteiger partial charge on any atom is 0.127 e. The van der Waals surface area contributed by atoms with Gasteiger partial charge < -0.3 is 9.84 Å². The first-order chi connectivity index (χ1) is 5.47. The lowest BCUT2D eigenvalue weighted by Crippen LogP contribution is -2.22. The smallest absolute Gasteiger partial charge is 0.127 e. The van der Waals surface area contributed by atoms with Crippen molar-refractivity contribution in [1.82, 2.24) is 0 Å². The number of ether oxygens (including phenoxy) is 1. The zero-order valence-corrected chi connectivity index (χ0v) is 7.59. The number of hydrogen-bond donors (Lipinski definition) is 1. The van der Waals surface area contributed by atoms with Crippen LogP contribution in [0.2, 0.25) is 0 Å². The normalized spacial score (nSPS) is 11.2. The van der Waals surface area contributed by atoms with Crippen molar-refractivity contribution in [2.24, 2.45) is 0 Å². The van der Waals surface area contributed by atoms with Gasteiger partial charge in [-0.1, -0.05) is 0 Å². The van der Waals surface area contributed by atoms with E-state index in [0.717, 1.165) is 0 Å². The minimum atomic E-state index is -0.228. The lowest BCUT2D eigenvalue weighted by Gasteiger charge is -2.20. The van der Waals surface area contributed by atoms with E-state index >= 15 is 0 Å². The van der Waals surface area contributed by atoms with Gasteiger partial charge in [0.15, 0.2) is 0 Å². The minimum absolute atomic E-state index is 0.108. The number of phenolic OH excluding ortho intramolecular Hbond substituents is 1. The molecule has 2 heteroatoms. The van der Waals surface area contributed by atoms with E-state index in [4.69, 9.17) is 9.84 Å². The van der Waals surface area contributed by atoms with Gasteiger partial charge in [-0.15, -0.1) is 0 Å². The molecule has 1 rings (SSSR count). The second kappa shape index (κ2) is 3.05. The Morgan fingerprint density at radius 3 is 2.58 bits per heavy atom. The maximum atomic E-state index is 9.07. The minimum Gasteiger partial charge on any atom is -0.507 e. The van der Waals surface area contributed by atoms with Crippen molar-refractivity contribution in [3.63, 3.8) is 0 Å². The van der Waals surface area contributed by atoms with Gasteiger partial charge in [-0.3, -0.25) is 0 Å². The topological polar surface area (TPSA) is 29.5 Å². The number of rotatable bonds is 1. The average molecular weight is 165 g/mol. The molecule has 0 aliphatic heterocycles. The third kappa shape index (κ3) is 2.82. The SMILES string of the molecule is CC(C)(C)Oc1cc[c]c(O)c1. The first-order valence-electron chi connectivity index (χ1n) is 3.87. The summed E-state index contributed by atoms with van der Waals surface area (Å²) in [6.07, 6.45) is 0. The highest BCUT2D eigenvalue weighted by molar-refractivity contribution is 5.31. The molecule has 2 nitrogen and oxygen atoms in total. The molecule has 0 saturated heterocycles. The summed E-state index contributed by atoms with van der Waals surface area (Å²) in [5.74, 6) is 0.774. The third-order valence-electron chi connectivity index (χ3n) is 1.18. The van der Waals surface area contributed by atoms with Crippen LogP contribution in [0.15, 0.2) is 18.2 Å². The third-order valence-corrected chi connectivity index (χ3v) is 1.18. The fourth-order valence-electron chi connectivity index (χ4n) is 0.851. The first kappa shape index (κ1) is 8.91. The standard InChI is InChI=1S/C10H13O2/c1-10(2,3)12-9-6-4-5-8(11)7-9/h4,6-7,11H,1-3H3. The van der Waals surface area contributed by atoms with Crippen LogP contribution in [0.4, 0.5) is 0 Å². The van der Waals surface area contributed by atoms with Gasteiger partial charge in [0, 0.05) is 12.1 Å². The fraction of sp³-hybridized carbons (Fsp3) is 0.400. The number of aromatic hydroxyl groups is 1. The van der Waals surface area contributed by atoms with Crippen molar-refractivity contribution < 1.29 is 9.84 Å². The molecular weight excluding hydrogens is 152 g/mol. The molecule has 0 unspecified atom stereocenters. The van der Waals surface area contributed by atoms with Gasteiger partial charge in [0.2, 0.25) is 0 Å². The molecule has 1 aromatic carbocycles. The summed E-state index contributed by atoms with van der Waals surface area (Å²) in [6.45, 7) is 5.88. The quantitative estimate of drug-likeness (QED) is 0.692. The van der Waals surface area contributed by atoms with Crippen molar-refractivity contribution >= 4 is 0 Å². The Labute approximate surface area is 72.8 Å². The van der Waals surface area contributed by atoms with Crippen molar-refractivity contribution in [2.75, 3.05) is 0 Å². The van der Waals surface area contributed by atoms with Crippen LogP contribution in [0, 0.1) is 6.07 Å². The molecule has 0 aliphatic carbocycles. The summed E-state index contributed by atoms with van der Waals surface area (Å²) in [6, 6.07) is 7.58. The monoisotopic (exact) mass is 165 g/mol. The number of benzene rings is 1. The lowest BCUT2D eigenvalue weighted by molar-refractivity contribution is 0.130. The first-order valence-corrected chi connectivity index (χ1v) is 3.87. The lowest BCUT2D eigenvalue weighted by atomic mass is 10.2. The summed E-state index contributed by atoms with van der Waals surface area (Å²) in [5, 5.41) is 9.07. The molecule has 0 spiro atoms. The Hall–Kier alpha value is -1.18. The van der Waals surface area contributed by atoms with Gasteiger partial charge in [-0.2, -0.15) is 0 Å². The van der Waals surface area contributed by atoms with Crippen LogP contribution in [0.25, 0.3) is 0 Å². The molecule has 0 saturated carbocycles. The summed E-state index contributed by atoms with van der Waals surface area (Å²) in [7, 11) is 0. The molecule has 1 radical (unpaired) electrons. The zero-order chi connectivity index (χ0) is 9.19. The van der Waals surface area contributed by atoms with Crippen LogP contribution < -0.4 is 4.74 Å². The molecule has 0 amide bonds. The highest BCUT2D eigenvalue weighted by atomic mass is 16.5. The largest absolute Gasteiger partial charge is 0.507 e.